The minimum Gasteiger partial charge on any atom is -0.366 e. The molecule has 2 aliphatic rings. The van der Waals surface area contributed by atoms with Gasteiger partial charge in [-0.15, -0.1) is 10.2 Å². The Hall–Kier alpha value is -2.18. The SMILES string of the molecule is O=CN1CCN(C(=O)c2ccc(NC3CC3)nn2)CC1. The van der Waals surface area contributed by atoms with Crippen LogP contribution >= 0.6 is 0 Å². The van der Waals surface area contributed by atoms with Crippen LogP contribution in [0.4, 0.5) is 5.82 Å². The summed E-state index contributed by atoms with van der Waals surface area (Å²) >= 11 is 0. The summed E-state index contributed by atoms with van der Waals surface area (Å²) in [5.41, 5.74) is 0.353. The third-order valence-electron chi connectivity index (χ3n) is 3.56. The molecule has 1 aromatic heterocycles. The van der Waals surface area contributed by atoms with E-state index in [4.69, 9.17) is 0 Å². The number of nitrogens with one attached hydrogen (secondary N) is 1. The summed E-state index contributed by atoms with van der Waals surface area (Å²) in [7, 11) is 0. The Morgan fingerprint density at radius 2 is 1.95 bits per heavy atom. The number of anilines is 1. The lowest BCUT2D eigenvalue weighted by Crippen LogP contribution is -2.48. The van der Waals surface area contributed by atoms with Crippen molar-refractivity contribution in [1.82, 2.24) is 20.0 Å². The van der Waals surface area contributed by atoms with E-state index in [0.29, 0.717) is 37.9 Å². The molecule has 0 spiro atoms. The van der Waals surface area contributed by atoms with Gasteiger partial charge in [0.25, 0.3) is 5.91 Å². The van der Waals surface area contributed by atoms with Crippen LogP contribution in [0.2, 0.25) is 0 Å². The average molecular weight is 275 g/mol. The van der Waals surface area contributed by atoms with E-state index in [9.17, 15) is 9.59 Å². The Kier molecular flexibility index (Phi) is 3.49. The number of hydrogen-bond acceptors (Lipinski definition) is 5. The number of aromatic nitrogens is 2. The van der Waals surface area contributed by atoms with Crippen LogP contribution in [0.15, 0.2) is 12.1 Å². The second kappa shape index (κ2) is 5.44. The van der Waals surface area contributed by atoms with E-state index >= 15 is 0 Å². The number of amides is 2. The molecule has 106 valence electrons. The molecule has 20 heavy (non-hydrogen) atoms. The van der Waals surface area contributed by atoms with Crippen LogP contribution in [0.3, 0.4) is 0 Å². The average Bonchev–Trinajstić information content (AvgIpc) is 3.31. The molecule has 1 saturated carbocycles. The molecule has 1 aliphatic heterocycles. The number of piperazine rings is 1. The van der Waals surface area contributed by atoms with Gasteiger partial charge >= 0.3 is 0 Å². The highest BCUT2D eigenvalue weighted by Crippen LogP contribution is 2.23. The van der Waals surface area contributed by atoms with Gasteiger partial charge < -0.3 is 15.1 Å². The van der Waals surface area contributed by atoms with Crippen LogP contribution in [0.1, 0.15) is 23.3 Å². The number of carbonyl (C=O) groups is 2. The standard InChI is InChI=1S/C13H17N5O2/c19-9-17-5-7-18(8-6-17)13(20)11-3-4-12(16-15-11)14-10-1-2-10/h3-4,9-10H,1-2,5-8H2,(H,14,16). The van der Waals surface area contributed by atoms with Crippen molar-refractivity contribution in [3.05, 3.63) is 17.8 Å². The van der Waals surface area contributed by atoms with Crippen molar-refractivity contribution >= 4 is 18.1 Å². The van der Waals surface area contributed by atoms with E-state index in [1.54, 1.807) is 21.9 Å². The fraction of sp³-hybridized carbons (Fsp3) is 0.538. The molecular weight excluding hydrogens is 258 g/mol. The zero-order chi connectivity index (χ0) is 13.9. The van der Waals surface area contributed by atoms with Crippen molar-refractivity contribution in [2.24, 2.45) is 0 Å². The summed E-state index contributed by atoms with van der Waals surface area (Å²) in [6.07, 6.45) is 3.16. The molecule has 3 rings (SSSR count). The van der Waals surface area contributed by atoms with Gasteiger partial charge in [-0.25, -0.2) is 0 Å². The normalized spacial score (nSPS) is 18.8. The highest BCUT2D eigenvalue weighted by Gasteiger charge is 2.24. The van der Waals surface area contributed by atoms with E-state index in [2.05, 4.69) is 15.5 Å². The van der Waals surface area contributed by atoms with Crippen molar-refractivity contribution in [2.75, 3.05) is 31.5 Å². The number of carbonyl (C=O) groups excluding carboxylic acids is 2. The summed E-state index contributed by atoms with van der Waals surface area (Å²) in [5, 5.41) is 11.2. The predicted molar refractivity (Wildman–Crippen MR) is 72.2 cm³/mol. The molecule has 0 bridgehead atoms. The maximum Gasteiger partial charge on any atom is 0.274 e. The predicted octanol–water partition coefficient (Wildman–Crippen LogP) is -0.0349. The van der Waals surface area contributed by atoms with Gasteiger partial charge in [-0.2, -0.15) is 0 Å². The Bertz CT molecular complexity index is 492. The first-order valence-corrected chi connectivity index (χ1v) is 6.85. The molecule has 1 aliphatic carbocycles. The van der Waals surface area contributed by atoms with Gasteiger partial charge in [0.15, 0.2) is 5.69 Å². The number of nitrogens with zero attached hydrogens (tertiary/aromatic N) is 4. The number of rotatable bonds is 4. The fourth-order valence-corrected chi connectivity index (χ4v) is 2.15. The van der Waals surface area contributed by atoms with Gasteiger partial charge in [-0.1, -0.05) is 0 Å². The second-order valence-electron chi connectivity index (χ2n) is 5.16. The Morgan fingerprint density at radius 1 is 1.20 bits per heavy atom. The Balaban J connectivity index is 1.60. The van der Waals surface area contributed by atoms with E-state index in [1.165, 1.54) is 12.8 Å². The summed E-state index contributed by atoms with van der Waals surface area (Å²) in [6, 6.07) is 4.01. The molecule has 2 amide bonds. The largest absolute Gasteiger partial charge is 0.366 e. The Morgan fingerprint density at radius 3 is 2.50 bits per heavy atom. The zero-order valence-electron chi connectivity index (χ0n) is 11.2. The highest BCUT2D eigenvalue weighted by atomic mass is 16.2. The van der Waals surface area contributed by atoms with Gasteiger partial charge in [0, 0.05) is 32.2 Å². The Labute approximate surface area is 117 Å². The van der Waals surface area contributed by atoms with Gasteiger partial charge in [0.2, 0.25) is 6.41 Å². The van der Waals surface area contributed by atoms with Crippen LogP contribution < -0.4 is 5.32 Å². The molecule has 1 N–H and O–H groups in total. The first-order chi connectivity index (χ1) is 9.76. The molecule has 0 unspecified atom stereocenters. The van der Waals surface area contributed by atoms with Crippen LogP contribution in [-0.2, 0) is 4.79 Å². The highest BCUT2D eigenvalue weighted by molar-refractivity contribution is 5.92. The minimum atomic E-state index is -0.124. The first-order valence-electron chi connectivity index (χ1n) is 6.85. The molecule has 7 nitrogen and oxygen atoms in total. The van der Waals surface area contributed by atoms with Crippen molar-refractivity contribution in [1.29, 1.82) is 0 Å². The van der Waals surface area contributed by atoms with Gasteiger partial charge in [0.1, 0.15) is 5.82 Å². The zero-order valence-corrected chi connectivity index (χ0v) is 11.2. The van der Waals surface area contributed by atoms with Crippen molar-refractivity contribution < 1.29 is 9.59 Å². The van der Waals surface area contributed by atoms with E-state index in [1.807, 2.05) is 0 Å². The van der Waals surface area contributed by atoms with Gasteiger partial charge in [0.05, 0.1) is 0 Å². The lowest BCUT2D eigenvalue weighted by molar-refractivity contribution is -0.119. The molecule has 1 aromatic rings. The van der Waals surface area contributed by atoms with Crippen molar-refractivity contribution in [2.45, 2.75) is 18.9 Å². The summed E-state index contributed by atoms with van der Waals surface area (Å²) in [4.78, 5) is 26.2. The van der Waals surface area contributed by atoms with Crippen molar-refractivity contribution in [3.8, 4) is 0 Å². The molecule has 2 fully saturated rings. The molecule has 1 saturated heterocycles. The van der Waals surface area contributed by atoms with Gasteiger partial charge in [-0.3, -0.25) is 9.59 Å². The molecule has 0 radical (unpaired) electrons. The smallest absolute Gasteiger partial charge is 0.274 e. The fourth-order valence-electron chi connectivity index (χ4n) is 2.15. The monoisotopic (exact) mass is 275 g/mol. The molecule has 0 atom stereocenters. The second-order valence-corrected chi connectivity index (χ2v) is 5.16. The van der Waals surface area contributed by atoms with Gasteiger partial charge in [-0.05, 0) is 25.0 Å². The first kappa shape index (κ1) is 12.8. The summed E-state index contributed by atoms with van der Waals surface area (Å²) < 4.78 is 0. The lowest BCUT2D eigenvalue weighted by atomic mass is 10.2. The quantitative estimate of drug-likeness (QED) is 0.780. The van der Waals surface area contributed by atoms with E-state index in [0.717, 1.165) is 12.2 Å². The number of hydrogen-bond donors (Lipinski definition) is 1. The molecular formula is C13H17N5O2. The third-order valence-corrected chi connectivity index (χ3v) is 3.56. The summed E-state index contributed by atoms with van der Waals surface area (Å²) in [6.45, 7) is 2.23. The maximum atomic E-state index is 12.2. The summed E-state index contributed by atoms with van der Waals surface area (Å²) in [5.74, 6) is 0.593. The third kappa shape index (κ3) is 2.87. The van der Waals surface area contributed by atoms with E-state index in [-0.39, 0.29) is 5.91 Å². The van der Waals surface area contributed by atoms with Crippen LogP contribution in [-0.4, -0.2) is 64.5 Å². The molecule has 7 heteroatoms. The van der Waals surface area contributed by atoms with Crippen LogP contribution in [0, 0.1) is 0 Å². The molecule has 2 heterocycles. The maximum absolute atomic E-state index is 12.2. The van der Waals surface area contributed by atoms with E-state index < -0.39 is 0 Å². The van der Waals surface area contributed by atoms with Crippen molar-refractivity contribution in [3.63, 3.8) is 0 Å². The lowest BCUT2D eigenvalue weighted by Gasteiger charge is -2.32. The van der Waals surface area contributed by atoms with Crippen LogP contribution in [0.25, 0.3) is 0 Å². The molecule has 0 aromatic carbocycles. The minimum absolute atomic E-state index is 0.124. The topological polar surface area (TPSA) is 78.4 Å². The van der Waals surface area contributed by atoms with Crippen LogP contribution in [0.5, 0.6) is 0 Å².